The molecule has 1 nitrogen and oxygen atoms in total. The van der Waals surface area contributed by atoms with E-state index in [1.54, 1.807) is 0 Å². The first-order chi connectivity index (χ1) is 5.41. The molecule has 0 bridgehead atoms. The fourth-order valence-electron chi connectivity index (χ4n) is 0.900. The van der Waals surface area contributed by atoms with Gasteiger partial charge in [-0.25, -0.2) is 0 Å². The van der Waals surface area contributed by atoms with E-state index in [4.69, 9.17) is 4.74 Å². The van der Waals surface area contributed by atoms with Crippen LogP contribution in [0.1, 0.15) is 39.0 Å². The van der Waals surface area contributed by atoms with Crippen LogP contribution in [0.25, 0.3) is 0 Å². The molecule has 0 amide bonds. The van der Waals surface area contributed by atoms with Gasteiger partial charge >= 0.3 is 0 Å². The summed E-state index contributed by atoms with van der Waals surface area (Å²) in [6.45, 7) is 4.05. The van der Waals surface area contributed by atoms with Crippen LogP contribution >= 0.6 is 12.6 Å². The van der Waals surface area contributed by atoms with Crippen molar-refractivity contribution in [2.24, 2.45) is 0 Å². The van der Waals surface area contributed by atoms with Crippen molar-refractivity contribution in [3.63, 3.8) is 0 Å². The van der Waals surface area contributed by atoms with Gasteiger partial charge in [-0.05, 0) is 18.6 Å². The van der Waals surface area contributed by atoms with E-state index in [9.17, 15) is 0 Å². The van der Waals surface area contributed by atoms with E-state index in [1.807, 2.05) is 0 Å². The van der Waals surface area contributed by atoms with Gasteiger partial charge in [0.1, 0.15) is 0 Å². The molecule has 0 aliphatic carbocycles. The third-order valence-electron chi connectivity index (χ3n) is 1.59. The summed E-state index contributed by atoms with van der Waals surface area (Å²) in [5, 5.41) is 0. The van der Waals surface area contributed by atoms with Gasteiger partial charge in [0, 0.05) is 13.2 Å². The van der Waals surface area contributed by atoms with Crippen molar-refractivity contribution in [2.75, 3.05) is 19.0 Å². The maximum Gasteiger partial charge on any atom is 0.0473 e. The molecule has 0 N–H and O–H groups in total. The van der Waals surface area contributed by atoms with Gasteiger partial charge < -0.3 is 4.74 Å². The van der Waals surface area contributed by atoms with E-state index in [2.05, 4.69) is 19.6 Å². The molecule has 0 aliphatic rings. The van der Waals surface area contributed by atoms with Crippen molar-refractivity contribution in [1.82, 2.24) is 0 Å². The Morgan fingerprint density at radius 2 is 1.73 bits per heavy atom. The molecule has 0 spiro atoms. The molecular formula is C9H20OS. The van der Waals surface area contributed by atoms with Gasteiger partial charge in [-0.3, -0.25) is 0 Å². The number of rotatable bonds is 8. The van der Waals surface area contributed by atoms with Crippen molar-refractivity contribution in [3.05, 3.63) is 0 Å². The van der Waals surface area contributed by atoms with E-state index >= 15 is 0 Å². The van der Waals surface area contributed by atoms with Gasteiger partial charge in [0.05, 0.1) is 0 Å². The standard InChI is InChI=1S/C9H20OS/c1-2-3-4-5-7-10-8-6-9-11/h11H,2-9H2,1H3. The lowest BCUT2D eigenvalue weighted by Crippen LogP contribution is -1.97. The molecule has 0 rings (SSSR count). The Morgan fingerprint density at radius 1 is 1.00 bits per heavy atom. The van der Waals surface area contributed by atoms with Crippen LogP contribution in [-0.2, 0) is 4.74 Å². The van der Waals surface area contributed by atoms with Crippen molar-refractivity contribution in [2.45, 2.75) is 39.0 Å². The van der Waals surface area contributed by atoms with Crippen LogP contribution in [-0.4, -0.2) is 19.0 Å². The zero-order chi connectivity index (χ0) is 8.36. The first kappa shape index (κ1) is 11.3. The van der Waals surface area contributed by atoms with Crippen LogP contribution in [0.15, 0.2) is 0 Å². The number of unbranched alkanes of at least 4 members (excludes halogenated alkanes) is 3. The highest BCUT2D eigenvalue weighted by Gasteiger charge is 1.88. The fourth-order valence-corrected chi connectivity index (χ4v) is 1.03. The van der Waals surface area contributed by atoms with Crippen molar-refractivity contribution >= 4 is 12.6 Å². The lowest BCUT2D eigenvalue weighted by Gasteiger charge is -2.01. The molecule has 0 saturated carbocycles. The van der Waals surface area contributed by atoms with Crippen LogP contribution in [0.3, 0.4) is 0 Å². The van der Waals surface area contributed by atoms with Crippen molar-refractivity contribution in [3.8, 4) is 0 Å². The molecule has 0 radical (unpaired) electrons. The molecule has 0 saturated heterocycles. The number of thiol groups is 1. The highest BCUT2D eigenvalue weighted by atomic mass is 32.1. The van der Waals surface area contributed by atoms with Gasteiger partial charge in [0.15, 0.2) is 0 Å². The number of hydrogen-bond donors (Lipinski definition) is 1. The Balaban J connectivity index is 2.69. The minimum atomic E-state index is 0.885. The Morgan fingerprint density at radius 3 is 2.36 bits per heavy atom. The minimum absolute atomic E-state index is 0.885. The largest absolute Gasteiger partial charge is 0.381 e. The third-order valence-corrected chi connectivity index (χ3v) is 1.91. The van der Waals surface area contributed by atoms with Gasteiger partial charge in [-0.15, -0.1) is 0 Å². The highest BCUT2D eigenvalue weighted by Crippen LogP contribution is 1.99. The van der Waals surface area contributed by atoms with Crippen LogP contribution in [0.5, 0.6) is 0 Å². The lowest BCUT2D eigenvalue weighted by molar-refractivity contribution is 0.131. The topological polar surface area (TPSA) is 9.23 Å². The highest BCUT2D eigenvalue weighted by molar-refractivity contribution is 7.80. The molecule has 0 aromatic carbocycles. The monoisotopic (exact) mass is 176 g/mol. The summed E-state index contributed by atoms with van der Waals surface area (Å²) < 4.78 is 5.37. The van der Waals surface area contributed by atoms with E-state index in [0.717, 1.165) is 25.4 Å². The fraction of sp³-hybridized carbons (Fsp3) is 1.00. The van der Waals surface area contributed by atoms with Gasteiger partial charge in [0.25, 0.3) is 0 Å². The summed E-state index contributed by atoms with van der Waals surface area (Å²) in [7, 11) is 0. The molecule has 0 heterocycles. The number of hydrogen-bond acceptors (Lipinski definition) is 2. The van der Waals surface area contributed by atoms with E-state index in [0.29, 0.717) is 0 Å². The Labute approximate surface area is 75.9 Å². The van der Waals surface area contributed by atoms with E-state index in [-0.39, 0.29) is 0 Å². The Hall–Kier alpha value is 0.310. The summed E-state index contributed by atoms with van der Waals surface area (Å²) in [6, 6.07) is 0. The first-order valence-corrected chi connectivity index (χ1v) is 5.23. The zero-order valence-electron chi connectivity index (χ0n) is 7.51. The summed E-state index contributed by atoms with van der Waals surface area (Å²) in [4.78, 5) is 0. The summed E-state index contributed by atoms with van der Waals surface area (Å²) in [5.41, 5.74) is 0. The Kier molecular flexibility index (Phi) is 10.6. The van der Waals surface area contributed by atoms with Crippen LogP contribution < -0.4 is 0 Å². The minimum Gasteiger partial charge on any atom is -0.381 e. The second kappa shape index (κ2) is 10.3. The molecule has 68 valence electrons. The first-order valence-electron chi connectivity index (χ1n) is 4.60. The maximum atomic E-state index is 5.37. The van der Waals surface area contributed by atoms with E-state index in [1.165, 1.54) is 25.7 Å². The molecule has 0 atom stereocenters. The summed E-state index contributed by atoms with van der Waals surface area (Å²) >= 11 is 4.10. The van der Waals surface area contributed by atoms with Gasteiger partial charge in [-0.1, -0.05) is 26.2 Å². The van der Waals surface area contributed by atoms with Crippen molar-refractivity contribution in [1.29, 1.82) is 0 Å². The van der Waals surface area contributed by atoms with Crippen LogP contribution in [0.4, 0.5) is 0 Å². The smallest absolute Gasteiger partial charge is 0.0473 e. The van der Waals surface area contributed by atoms with Crippen molar-refractivity contribution < 1.29 is 4.74 Å². The quantitative estimate of drug-likeness (QED) is 0.442. The normalized spacial score (nSPS) is 10.4. The molecule has 0 aromatic heterocycles. The van der Waals surface area contributed by atoms with Crippen LogP contribution in [0, 0.1) is 0 Å². The average molecular weight is 176 g/mol. The Bertz CT molecular complexity index is 58.6. The second-order valence-corrected chi connectivity index (χ2v) is 3.20. The van der Waals surface area contributed by atoms with E-state index < -0.39 is 0 Å². The SMILES string of the molecule is CCCCCCOCCCS. The molecule has 0 unspecified atom stereocenters. The zero-order valence-corrected chi connectivity index (χ0v) is 8.41. The number of ether oxygens (including phenoxy) is 1. The molecule has 11 heavy (non-hydrogen) atoms. The predicted octanol–water partition coefficient (Wildman–Crippen LogP) is 2.90. The molecule has 0 fully saturated rings. The molecule has 0 aromatic rings. The summed E-state index contributed by atoms with van der Waals surface area (Å²) in [5.74, 6) is 0.939. The lowest BCUT2D eigenvalue weighted by atomic mass is 10.2. The molecular weight excluding hydrogens is 156 g/mol. The molecule has 0 aliphatic heterocycles. The predicted molar refractivity (Wildman–Crippen MR) is 53.4 cm³/mol. The third kappa shape index (κ3) is 10.3. The van der Waals surface area contributed by atoms with Crippen LogP contribution in [0.2, 0.25) is 0 Å². The second-order valence-electron chi connectivity index (χ2n) is 2.75. The summed E-state index contributed by atoms with van der Waals surface area (Å²) in [6.07, 6.45) is 6.27. The average Bonchev–Trinajstić information content (AvgIpc) is 2.03. The maximum absolute atomic E-state index is 5.37. The van der Waals surface area contributed by atoms with Gasteiger partial charge in [-0.2, -0.15) is 12.6 Å². The molecule has 2 heteroatoms. The van der Waals surface area contributed by atoms with Gasteiger partial charge in [0.2, 0.25) is 0 Å².